The first kappa shape index (κ1) is 11.5. The second-order valence-electron chi connectivity index (χ2n) is 2.87. The van der Waals surface area contributed by atoms with E-state index >= 15 is 0 Å². The summed E-state index contributed by atoms with van der Waals surface area (Å²) in [6.07, 6.45) is 0. The maximum absolute atomic E-state index is 11.6. The van der Waals surface area contributed by atoms with E-state index in [9.17, 15) is 8.42 Å². The molecule has 80 valence electrons. The van der Waals surface area contributed by atoms with Gasteiger partial charge in [-0.1, -0.05) is 6.92 Å². The van der Waals surface area contributed by atoms with Crippen molar-refractivity contribution < 1.29 is 8.42 Å². The molecule has 1 aromatic rings. The maximum atomic E-state index is 11.6. The predicted molar refractivity (Wildman–Crippen MR) is 56.4 cm³/mol. The van der Waals surface area contributed by atoms with Crippen LogP contribution in [0.25, 0.3) is 0 Å². The number of sulfonamides is 1. The largest absolute Gasteiger partial charge is 0.398 e. The molecule has 1 rings (SSSR count). The first-order valence-corrected chi connectivity index (χ1v) is 5.79. The number of nitrogens with two attached hydrogens (primary N) is 1. The minimum absolute atomic E-state index is 0.0524. The quantitative estimate of drug-likeness (QED) is 0.729. The lowest BCUT2D eigenvalue weighted by atomic mass is 10.2. The number of benzene rings is 1. The van der Waals surface area contributed by atoms with Crippen molar-refractivity contribution in [3.05, 3.63) is 23.8 Å². The highest BCUT2D eigenvalue weighted by Gasteiger charge is 2.16. The predicted octanol–water partition coefficient (Wildman–Crippen LogP) is 0.439. The third kappa shape index (κ3) is 2.46. The van der Waals surface area contributed by atoms with Crippen LogP contribution in [0.5, 0.6) is 0 Å². The van der Waals surface area contributed by atoms with E-state index in [0.29, 0.717) is 0 Å². The molecule has 0 spiro atoms. The Morgan fingerprint density at radius 1 is 1.53 bits per heavy atom. The zero-order valence-electron chi connectivity index (χ0n) is 8.19. The fourth-order valence-corrected chi connectivity index (χ4v) is 2.30. The average Bonchev–Trinajstić information content (AvgIpc) is 2.18. The number of nitrogens with zero attached hydrogens (tertiary/aromatic N) is 1. The summed E-state index contributed by atoms with van der Waals surface area (Å²) in [5.74, 6) is 0. The van der Waals surface area contributed by atoms with Crippen molar-refractivity contribution in [3.8, 4) is 6.07 Å². The number of nitriles is 1. The minimum Gasteiger partial charge on any atom is -0.398 e. The van der Waals surface area contributed by atoms with Crippen LogP contribution in [0, 0.1) is 11.3 Å². The Morgan fingerprint density at radius 3 is 2.73 bits per heavy atom. The summed E-state index contributed by atoms with van der Waals surface area (Å²) < 4.78 is 25.6. The number of nitrogen functional groups attached to an aromatic ring is 1. The number of hydrogen-bond donors (Lipinski definition) is 2. The SMILES string of the molecule is CCNS(=O)(=O)c1cc(C#N)ccc1N. The number of rotatable bonds is 3. The van der Waals surface area contributed by atoms with Crippen molar-refractivity contribution in [1.29, 1.82) is 5.26 Å². The normalized spacial score (nSPS) is 10.9. The van der Waals surface area contributed by atoms with E-state index in [1.807, 2.05) is 6.07 Å². The van der Waals surface area contributed by atoms with E-state index in [-0.39, 0.29) is 22.7 Å². The van der Waals surface area contributed by atoms with Crippen LogP contribution in [0.1, 0.15) is 12.5 Å². The molecule has 6 heteroatoms. The van der Waals surface area contributed by atoms with Gasteiger partial charge >= 0.3 is 0 Å². The van der Waals surface area contributed by atoms with Gasteiger partial charge in [0.05, 0.1) is 17.3 Å². The molecule has 0 aromatic heterocycles. The smallest absolute Gasteiger partial charge is 0.242 e. The molecule has 0 unspecified atom stereocenters. The van der Waals surface area contributed by atoms with Crippen LogP contribution in [0.2, 0.25) is 0 Å². The van der Waals surface area contributed by atoms with Crippen molar-refractivity contribution in [2.24, 2.45) is 0 Å². The summed E-state index contributed by atoms with van der Waals surface area (Å²) in [6.45, 7) is 1.94. The molecule has 0 bridgehead atoms. The summed E-state index contributed by atoms with van der Waals surface area (Å²) in [5.41, 5.74) is 5.93. The average molecular weight is 225 g/mol. The Morgan fingerprint density at radius 2 is 2.20 bits per heavy atom. The standard InChI is InChI=1S/C9H11N3O2S/c1-2-12-15(13,14)9-5-7(6-10)3-4-8(9)11/h3-5,12H,2,11H2,1H3. The number of hydrogen-bond acceptors (Lipinski definition) is 4. The van der Waals surface area contributed by atoms with Crippen LogP contribution in [-0.2, 0) is 10.0 Å². The second kappa shape index (κ2) is 4.29. The molecule has 0 fully saturated rings. The second-order valence-corrected chi connectivity index (χ2v) is 4.60. The van der Waals surface area contributed by atoms with Gasteiger partial charge in [0.15, 0.2) is 0 Å². The van der Waals surface area contributed by atoms with Crippen LogP contribution in [0.3, 0.4) is 0 Å². The van der Waals surface area contributed by atoms with E-state index in [0.717, 1.165) is 0 Å². The molecule has 0 heterocycles. The van der Waals surface area contributed by atoms with Crippen LogP contribution >= 0.6 is 0 Å². The Bertz CT molecular complexity index is 503. The molecule has 0 saturated carbocycles. The summed E-state index contributed by atoms with van der Waals surface area (Å²) in [4.78, 5) is -0.0524. The lowest BCUT2D eigenvalue weighted by Gasteiger charge is -2.07. The van der Waals surface area contributed by atoms with Crippen molar-refractivity contribution in [2.45, 2.75) is 11.8 Å². The third-order valence-corrected chi connectivity index (χ3v) is 3.37. The van der Waals surface area contributed by atoms with E-state index in [1.165, 1.54) is 18.2 Å². The molecular weight excluding hydrogens is 214 g/mol. The van der Waals surface area contributed by atoms with Gasteiger partial charge in [-0.05, 0) is 18.2 Å². The number of nitrogens with one attached hydrogen (secondary N) is 1. The van der Waals surface area contributed by atoms with Crippen LogP contribution < -0.4 is 10.5 Å². The van der Waals surface area contributed by atoms with Gasteiger partial charge in [-0.15, -0.1) is 0 Å². The first-order valence-electron chi connectivity index (χ1n) is 4.30. The Labute approximate surface area is 88.6 Å². The van der Waals surface area contributed by atoms with Crippen LogP contribution in [0.4, 0.5) is 5.69 Å². The van der Waals surface area contributed by atoms with Crippen LogP contribution in [0.15, 0.2) is 23.1 Å². The molecule has 15 heavy (non-hydrogen) atoms. The topological polar surface area (TPSA) is 96.0 Å². The molecule has 0 saturated heterocycles. The van der Waals surface area contributed by atoms with Crippen molar-refractivity contribution in [1.82, 2.24) is 4.72 Å². The lowest BCUT2D eigenvalue weighted by molar-refractivity contribution is 0.584. The van der Waals surface area contributed by atoms with E-state index in [1.54, 1.807) is 6.92 Å². The highest BCUT2D eigenvalue weighted by Crippen LogP contribution is 2.19. The molecule has 0 aliphatic rings. The van der Waals surface area contributed by atoms with Crippen LogP contribution in [-0.4, -0.2) is 15.0 Å². The van der Waals surface area contributed by atoms with Gasteiger partial charge in [0.2, 0.25) is 10.0 Å². The third-order valence-electron chi connectivity index (χ3n) is 1.77. The van der Waals surface area contributed by atoms with Gasteiger partial charge in [0.25, 0.3) is 0 Å². The molecule has 1 aromatic carbocycles. The minimum atomic E-state index is -3.60. The Hall–Kier alpha value is -1.58. The summed E-state index contributed by atoms with van der Waals surface area (Å²) in [7, 11) is -3.60. The monoisotopic (exact) mass is 225 g/mol. The van der Waals surface area contributed by atoms with Gasteiger partial charge in [-0.25, -0.2) is 13.1 Å². The van der Waals surface area contributed by atoms with Gasteiger partial charge < -0.3 is 5.73 Å². The zero-order valence-corrected chi connectivity index (χ0v) is 9.00. The first-order chi connectivity index (χ1) is 7.01. The highest BCUT2D eigenvalue weighted by molar-refractivity contribution is 7.89. The molecule has 5 nitrogen and oxygen atoms in total. The fourth-order valence-electron chi connectivity index (χ4n) is 1.10. The molecule has 3 N–H and O–H groups in total. The molecule has 0 radical (unpaired) electrons. The van der Waals surface area contributed by atoms with E-state index in [4.69, 9.17) is 11.0 Å². The van der Waals surface area contributed by atoms with Gasteiger partial charge in [0, 0.05) is 6.54 Å². The number of anilines is 1. The van der Waals surface area contributed by atoms with Gasteiger partial charge in [-0.2, -0.15) is 5.26 Å². The summed E-state index contributed by atoms with van der Waals surface area (Å²) >= 11 is 0. The summed E-state index contributed by atoms with van der Waals surface area (Å²) in [5, 5.41) is 8.64. The molecular formula is C9H11N3O2S. The molecule has 0 atom stereocenters. The summed E-state index contributed by atoms with van der Waals surface area (Å²) in [6, 6.07) is 6.00. The zero-order chi connectivity index (χ0) is 11.5. The van der Waals surface area contributed by atoms with E-state index < -0.39 is 10.0 Å². The van der Waals surface area contributed by atoms with Crippen molar-refractivity contribution in [3.63, 3.8) is 0 Å². The molecule has 0 aliphatic carbocycles. The fraction of sp³-hybridized carbons (Fsp3) is 0.222. The molecule has 0 aliphatic heterocycles. The highest BCUT2D eigenvalue weighted by atomic mass is 32.2. The van der Waals surface area contributed by atoms with Crippen molar-refractivity contribution >= 4 is 15.7 Å². The Balaban J connectivity index is 3.31. The lowest BCUT2D eigenvalue weighted by Crippen LogP contribution is -2.24. The van der Waals surface area contributed by atoms with E-state index in [2.05, 4.69) is 4.72 Å². The molecule has 0 amide bonds. The maximum Gasteiger partial charge on any atom is 0.242 e. The van der Waals surface area contributed by atoms with Crippen molar-refractivity contribution in [2.75, 3.05) is 12.3 Å². The van der Waals surface area contributed by atoms with Gasteiger partial charge in [-0.3, -0.25) is 0 Å². The Kier molecular flexibility index (Phi) is 3.29. The van der Waals surface area contributed by atoms with Gasteiger partial charge in [0.1, 0.15) is 4.90 Å².